The minimum atomic E-state index is -0.334. The van der Waals surface area contributed by atoms with Gasteiger partial charge < -0.3 is 10.1 Å². The van der Waals surface area contributed by atoms with E-state index in [2.05, 4.69) is 15.8 Å². The van der Waals surface area contributed by atoms with Crippen LogP contribution in [0.3, 0.4) is 0 Å². The van der Waals surface area contributed by atoms with Crippen molar-refractivity contribution in [2.24, 2.45) is 5.10 Å². The third-order valence-electron chi connectivity index (χ3n) is 3.99. The lowest BCUT2D eigenvalue weighted by molar-refractivity contribution is -0.119. The molecular formula is C22H18Cl2FN3O2. The monoisotopic (exact) mass is 445 g/mol. The zero-order valence-electron chi connectivity index (χ0n) is 15.7. The Hall–Kier alpha value is -3.09. The first-order chi connectivity index (χ1) is 14.5. The first-order valence-corrected chi connectivity index (χ1v) is 9.73. The van der Waals surface area contributed by atoms with Crippen molar-refractivity contribution >= 4 is 41.0 Å². The van der Waals surface area contributed by atoms with Crippen LogP contribution in [-0.4, -0.2) is 18.7 Å². The number of amides is 1. The Bertz CT molecular complexity index is 1030. The lowest BCUT2D eigenvalue weighted by Crippen LogP contribution is -2.25. The molecular weight excluding hydrogens is 428 g/mol. The number of ether oxygens (including phenoxy) is 1. The molecule has 1 amide bonds. The lowest BCUT2D eigenvalue weighted by atomic mass is 10.2. The first kappa shape index (κ1) is 21.6. The minimum absolute atomic E-state index is 0.0169. The molecule has 0 radical (unpaired) electrons. The summed E-state index contributed by atoms with van der Waals surface area (Å²) >= 11 is 12.0. The van der Waals surface area contributed by atoms with Crippen LogP contribution >= 0.6 is 23.2 Å². The Labute approximate surface area is 183 Å². The number of hydrogen-bond donors (Lipinski definition) is 2. The van der Waals surface area contributed by atoms with Gasteiger partial charge in [0.2, 0.25) is 0 Å². The lowest BCUT2D eigenvalue weighted by Gasteiger charge is -2.08. The van der Waals surface area contributed by atoms with Crippen molar-refractivity contribution in [3.8, 4) is 5.75 Å². The molecule has 154 valence electrons. The molecule has 0 aliphatic rings. The summed E-state index contributed by atoms with van der Waals surface area (Å²) < 4.78 is 18.6. The van der Waals surface area contributed by atoms with Crippen LogP contribution in [0.1, 0.15) is 11.1 Å². The summed E-state index contributed by atoms with van der Waals surface area (Å²) in [7, 11) is 0. The van der Waals surface area contributed by atoms with Crippen molar-refractivity contribution < 1.29 is 13.9 Å². The number of halogens is 3. The number of hydrazone groups is 1. The van der Waals surface area contributed by atoms with Crippen molar-refractivity contribution in [1.29, 1.82) is 0 Å². The highest BCUT2D eigenvalue weighted by Crippen LogP contribution is 2.22. The molecule has 0 aliphatic heterocycles. The number of rotatable bonds is 8. The Morgan fingerprint density at radius 1 is 1.03 bits per heavy atom. The molecule has 0 aromatic heterocycles. The molecule has 8 heteroatoms. The molecule has 0 saturated heterocycles. The molecule has 0 unspecified atom stereocenters. The largest absolute Gasteiger partial charge is 0.489 e. The molecule has 0 heterocycles. The van der Waals surface area contributed by atoms with Gasteiger partial charge in [0, 0.05) is 21.3 Å². The standard InChI is InChI=1S/C22H18Cl2FN3O2/c23-17-4-3-16(21(24)11-17)14-30-20-9-1-15(2-10-20)12-27-28-22(29)13-26-19-7-5-18(25)6-8-19/h1-12,26H,13-14H2,(H,28,29)/b27-12-. The molecule has 0 fully saturated rings. The van der Waals surface area contributed by atoms with Crippen molar-refractivity contribution in [3.63, 3.8) is 0 Å². The molecule has 5 nitrogen and oxygen atoms in total. The van der Waals surface area contributed by atoms with E-state index in [0.29, 0.717) is 28.1 Å². The number of nitrogens with one attached hydrogen (secondary N) is 2. The topological polar surface area (TPSA) is 62.7 Å². The van der Waals surface area contributed by atoms with Gasteiger partial charge in [-0.25, -0.2) is 9.82 Å². The molecule has 30 heavy (non-hydrogen) atoms. The van der Waals surface area contributed by atoms with Gasteiger partial charge in [0.1, 0.15) is 18.2 Å². The summed E-state index contributed by atoms with van der Waals surface area (Å²) in [6.45, 7) is 0.337. The Morgan fingerprint density at radius 3 is 2.47 bits per heavy atom. The highest BCUT2D eigenvalue weighted by Gasteiger charge is 2.03. The van der Waals surface area contributed by atoms with E-state index >= 15 is 0 Å². The van der Waals surface area contributed by atoms with Crippen molar-refractivity contribution in [1.82, 2.24) is 5.43 Å². The normalized spacial score (nSPS) is 10.8. The van der Waals surface area contributed by atoms with Crippen LogP contribution in [0.25, 0.3) is 0 Å². The second-order valence-corrected chi connectivity index (χ2v) is 7.09. The number of carbonyl (C=O) groups is 1. The third kappa shape index (κ3) is 6.76. The van der Waals surface area contributed by atoms with E-state index in [1.165, 1.54) is 18.3 Å². The third-order valence-corrected chi connectivity index (χ3v) is 4.58. The molecule has 3 aromatic rings. The molecule has 3 rings (SSSR count). The van der Waals surface area contributed by atoms with Gasteiger partial charge >= 0.3 is 0 Å². The Morgan fingerprint density at radius 2 is 1.77 bits per heavy atom. The van der Waals surface area contributed by atoms with E-state index in [1.807, 2.05) is 18.2 Å². The van der Waals surface area contributed by atoms with E-state index in [4.69, 9.17) is 27.9 Å². The molecule has 0 bridgehead atoms. The summed E-state index contributed by atoms with van der Waals surface area (Å²) in [5.41, 5.74) is 4.69. The number of nitrogens with zero attached hydrogens (tertiary/aromatic N) is 1. The molecule has 0 atom stereocenters. The van der Waals surface area contributed by atoms with Gasteiger partial charge in [-0.3, -0.25) is 4.79 Å². The fourth-order valence-electron chi connectivity index (χ4n) is 2.42. The van der Waals surface area contributed by atoms with Gasteiger partial charge in [0.15, 0.2) is 0 Å². The fraction of sp³-hybridized carbons (Fsp3) is 0.0909. The van der Waals surface area contributed by atoms with Gasteiger partial charge in [0.25, 0.3) is 5.91 Å². The Kier molecular flexibility index (Phi) is 7.65. The van der Waals surface area contributed by atoms with Crippen LogP contribution in [0.4, 0.5) is 10.1 Å². The van der Waals surface area contributed by atoms with Gasteiger partial charge in [-0.15, -0.1) is 0 Å². The number of benzene rings is 3. The molecule has 0 spiro atoms. The fourth-order valence-corrected chi connectivity index (χ4v) is 2.88. The number of hydrogen-bond acceptors (Lipinski definition) is 4. The zero-order valence-corrected chi connectivity index (χ0v) is 17.3. The van der Waals surface area contributed by atoms with Gasteiger partial charge in [-0.2, -0.15) is 5.10 Å². The maximum Gasteiger partial charge on any atom is 0.259 e. The molecule has 2 N–H and O–H groups in total. The summed E-state index contributed by atoms with van der Waals surface area (Å²) in [5, 5.41) is 7.92. The maximum atomic E-state index is 12.8. The first-order valence-electron chi connectivity index (χ1n) is 8.98. The Balaban J connectivity index is 1.43. The van der Waals surface area contributed by atoms with Crippen LogP contribution in [0.15, 0.2) is 71.8 Å². The minimum Gasteiger partial charge on any atom is -0.489 e. The van der Waals surface area contributed by atoms with Crippen LogP contribution in [0.2, 0.25) is 10.0 Å². The second-order valence-electron chi connectivity index (χ2n) is 6.25. The van der Waals surface area contributed by atoms with Crippen molar-refractivity contribution in [2.75, 3.05) is 11.9 Å². The average molecular weight is 446 g/mol. The predicted octanol–water partition coefficient (Wildman–Crippen LogP) is 5.27. The van der Waals surface area contributed by atoms with Gasteiger partial charge in [-0.1, -0.05) is 29.3 Å². The summed E-state index contributed by atoms with van der Waals surface area (Å²) in [6, 6.07) is 18.2. The number of carbonyl (C=O) groups excluding carboxylic acids is 1. The molecule has 3 aromatic carbocycles. The van der Waals surface area contributed by atoms with Crippen LogP contribution < -0.4 is 15.5 Å². The van der Waals surface area contributed by atoms with E-state index in [1.54, 1.807) is 36.4 Å². The SMILES string of the molecule is O=C(CNc1ccc(F)cc1)N/N=C\c1ccc(OCc2ccc(Cl)cc2Cl)cc1. The van der Waals surface area contributed by atoms with E-state index in [0.717, 1.165) is 11.1 Å². The van der Waals surface area contributed by atoms with E-state index in [-0.39, 0.29) is 18.3 Å². The van der Waals surface area contributed by atoms with Crippen molar-refractivity contribution in [2.45, 2.75) is 6.61 Å². The second kappa shape index (κ2) is 10.6. The average Bonchev–Trinajstić information content (AvgIpc) is 2.74. The maximum absolute atomic E-state index is 12.8. The highest BCUT2D eigenvalue weighted by molar-refractivity contribution is 6.35. The molecule has 0 saturated carbocycles. The van der Waals surface area contributed by atoms with E-state index in [9.17, 15) is 9.18 Å². The van der Waals surface area contributed by atoms with Crippen molar-refractivity contribution in [3.05, 3.63) is 93.7 Å². The van der Waals surface area contributed by atoms with Crippen LogP contribution in [0, 0.1) is 5.82 Å². The van der Waals surface area contributed by atoms with Gasteiger partial charge in [0.05, 0.1) is 12.8 Å². The summed E-state index contributed by atoms with van der Waals surface area (Å²) in [6.07, 6.45) is 1.52. The smallest absolute Gasteiger partial charge is 0.259 e. The van der Waals surface area contributed by atoms with E-state index < -0.39 is 0 Å². The van der Waals surface area contributed by atoms with Crippen LogP contribution in [0.5, 0.6) is 5.75 Å². The van der Waals surface area contributed by atoms with Crippen LogP contribution in [-0.2, 0) is 11.4 Å². The zero-order chi connectivity index (χ0) is 21.3. The molecule has 0 aliphatic carbocycles. The quantitative estimate of drug-likeness (QED) is 0.366. The summed E-state index contributed by atoms with van der Waals surface area (Å²) in [5.74, 6) is 0.0147. The predicted molar refractivity (Wildman–Crippen MR) is 118 cm³/mol. The van der Waals surface area contributed by atoms with Gasteiger partial charge in [-0.05, 0) is 66.2 Å². The number of anilines is 1. The summed E-state index contributed by atoms with van der Waals surface area (Å²) in [4.78, 5) is 11.8. The highest BCUT2D eigenvalue weighted by atomic mass is 35.5.